The van der Waals surface area contributed by atoms with Gasteiger partial charge in [-0.15, -0.1) is 0 Å². The number of unbranched alkanes of at least 4 members (excludes halogenated alkanes) is 1. The van der Waals surface area contributed by atoms with E-state index in [9.17, 15) is 0 Å². The minimum absolute atomic E-state index is 0.159. The molecular formula is C17H36N2O3. The fraction of sp³-hybridized carbons (Fsp3) is 1.00. The fourth-order valence-electron chi connectivity index (χ4n) is 3.30. The molecule has 0 aromatic heterocycles. The van der Waals surface area contributed by atoms with Crippen molar-refractivity contribution in [3.05, 3.63) is 0 Å². The number of aliphatic hydroxyl groups excluding tert-OH is 2. The standard InChI is InChI=1S/C17H36N2O3/c1-18-14-16-4-6-17(7-5-16)15-22-13-3-2-8-19(9-11-20)10-12-21/h16-18,20-21H,2-15H2,1H3. The Hall–Kier alpha value is -0.200. The maximum atomic E-state index is 8.95. The lowest BCUT2D eigenvalue weighted by Gasteiger charge is -2.28. The summed E-state index contributed by atoms with van der Waals surface area (Å²) in [6.45, 7) is 5.46. The number of nitrogens with zero attached hydrogens (tertiary/aromatic N) is 1. The van der Waals surface area contributed by atoms with E-state index in [1.807, 2.05) is 7.05 Å². The van der Waals surface area contributed by atoms with Crippen molar-refractivity contribution >= 4 is 0 Å². The first kappa shape index (κ1) is 19.8. The van der Waals surface area contributed by atoms with E-state index in [2.05, 4.69) is 10.2 Å². The highest BCUT2D eigenvalue weighted by Crippen LogP contribution is 2.28. The van der Waals surface area contributed by atoms with Crippen LogP contribution in [0.4, 0.5) is 0 Å². The largest absolute Gasteiger partial charge is 0.395 e. The fourth-order valence-corrected chi connectivity index (χ4v) is 3.30. The first-order valence-corrected chi connectivity index (χ1v) is 8.96. The van der Waals surface area contributed by atoms with Crippen molar-refractivity contribution in [1.29, 1.82) is 0 Å². The molecule has 132 valence electrons. The van der Waals surface area contributed by atoms with Crippen LogP contribution in [0.3, 0.4) is 0 Å². The SMILES string of the molecule is CNCC1CCC(COCCCCN(CCO)CCO)CC1. The molecule has 1 saturated carbocycles. The summed E-state index contributed by atoms with van der Waals surface area (Å²) in [4.78, 5) is 2.10. The highest BCUT2D eigenvalue weighted by Gasteiger charge is 2.20. The molecule has 0 saturated heterocycles. The first-order chi connectivity index (χ1) is 10.8. The van der Waals surface area contributed by atoms with Gasteiger partial charge in [-0.1, -0.05) is 0 Å². The quantitative estimate of drug-likeness (QED) is 0.444. The van der Waals surface area contributed by atoms with Gasteiger partial charge in [-0.05, 0) is 70.5 Å². The summed E-state index contributed by atoms with van der Waals surface area (Å²) in [6.07, 6.45) is 7.43. The molecule has 5 heteroatoms. The molecule has 1 fully saturated rings. The molecule has 22 heavy (non-hydrogen) atoms. The van der Waals surface area contributed by atoms with Gasteiger partial charge in [0.25, 0.3) is 0 Å². The molecule has 5 nitrogen and oxygen atoms in total. The third-order valence-corrected chi connectivity index (χ3v) is 4.66. The zero-order chi connectivity index (χ0) is 16.0. The van der Waals surface area contributed by atoms with Crippen LogP contribution in [-0.2, 0) is 4.74 Å². The van der Waals surface area contributed by atoms with E-state index in [-0.39, 0.29) is 13.2 Å². The van der Waals surface area contributed by atoms with Gasteiger partial charge < -0.3 is 20.3 Å². The topological polar surface area (TPSA) is 65.0 Å². The van der Waals surface area contributed by atoms with Crippen molar-refractivity contribution in [3.63, 3.8) is 0 Å². The van der Waals surface area contributed by atoms with Gasteiger partial charge in [-0.3, -0.25) is 4.90 Å². The average molecular weight is 316 g/mol. The van der Waals surface area contributed by atoms with Crippen molar-refractivity contribution < 1.29 is 14.9 Å². The lowest BCUT2D eigenvalue weighted by atomic mass is 9.82. The van der Waals surface area contributed by atoms with Crippen molar-refractivity contribution in [2.75, 3.05) is 59.7 Å². The number of nitrogens with one attached hydrogen (secondary N) is 1. The molecule has 0 radical (unpaired) electrons. The minimum atomic E-state index is 0.159. The van der Waals surface area contributed by atoms with Crippen molar-refractivity contribution in [3.8, 4) is 0 Å². The van der Waals surface area contributed by atoms with Crippen LogP contribution in [0.1, 0.15) is 38.5 Å². The summed E-state index contributed by atoms with van der Waals surface area (Å²) in [7, 11) is 2.04. The van der Waals surface area contributed by atoms with E-state index in [1.54, 1.807) is 0 Å². The van der Waals surface area contributed by atoms with Gasteiger partial charge in [0.15, 0.2) is 0 Å². The molecule has 0 unspecified atom stereocenters. The molecule has 0 spiro atoms. The summed E-state index contributed by atoms with van der Waals surface area (Å²) < 4.78 is 5.84. The summed E-state index contributed by atoms with van der Waals surface area (Å²) in [5, 5.41) is 21.2. The number of hydrogen-bond acceptors (Lipinski definition) is 5. The second-order valence-corrected chi connectivity index (χ2v) is 6.52. The van der Waals surface area contributed by atoms with Crippen molar-refractivity contribution in [2.24, 2.45) is 11.8 Å². The summed E-state index contributed by atoms with van der Waals surface area (Å²) >= 11 is 0. The highest BCUT2D eigenvalue weighted by molar-refractivity contribution is 4.73. The Kier molecular flexibility index (Phi) is 12.0. The Morgan fingerprint density at radius 3 is 2.18 bits per heavy atom. The Labute approximate surface area is 136 Å². The molecule has 0 heterocycles. The van der Waals surface area contributed by atoms with Gasteiger partial charge in [0.2, 0.25) is 0 Å². The monoisotopic (exact) mass is 316 g/mol. The lowest BCUT2D eigenvalue weighted by Crippen LogP contribution is -2.31. The van der Waals surface area contributed by atoms with Gasteiger partial charge in [0.1, 0.15) is 0 Å². The van der Waals surface area contributed by atoms with Crippen LogP contribution in [0.5, 0.6) is 0 Å². The maximum absolute atomic E-state index is 8.95. The predicted molar refractivity (Wildman–Crippen MR) is 90.0 cm³/mol. The Morgan fingerprint density at radius 1 is 0.955 bits per heavy atom. The highest BCUT2D eigenvalue weighted by atomic mass is 16.5. The minimum Gasteiger partial charge on any atom is -0.395 e. The molecule has 0 bridgehead atoms. The molecule has 0 atom stereocenters. The van der Waals surface area contributed by atoms with Crippen LogP contribution in [0.25, 0.3) is 0 Å². The molecular weight excluding hydrogens is 280 g/mol. The molecule has 3 N–H and O–H groups in total. The van der Waals surface area contributed by atoms with Crippen LogP contribution in [0.2, 0.25) is 0 Å². The first-order valence-electron chi connectivity index (χ1n) is 8.96. The van der Waals surface area contributed by atoms with E-state index in [0.717, 1.165) is 51.0 Å². The van der Waals surface area contributed by atoms with E-state index in [1.165, 1.54) is 25.7 Å². The van der Waals surface area contributed by atoms with Gasteiger partial charge in [0.05, 0.1) is 13.2 Å². The lowest BCUT2D eigenvalue weighted by molar-refractivity contribution is 0.0731. The zero-order valence-electron chi connectivity index (χ0n) is 14.3. The second kappa shape index (κ2) is 13.3. The molecule has 0 amide bonds. The normalized spacial score (nSPS) is 22.4. The van der Waals surface area contributed by atoms with Crippen molar-refractivity contribution in [2.45, 2.75) is 38.5 Å². The number of aliphatic hydroxyl groups is 2. The van der Waals surface area contributed by atoms with Crippen LogP contribution in [0, 0.1) is 11.8 Å². The van der Waals surface area contributed by atoms with Crippen LogP contribution in [0.15, 0.2) is 0 Å². The number of rotatable bonds is 13. The Bertz CT molecular complexity index is 240. The molecule has 0 aliphatic heterocycles. The summed E-state index contributed by atoms with van der Waals surface area (Å²) in [5.41, 5.74) is 0. The van der Waals surface area contributed by atoms with Crippen LogP contribution in [-0.4, -0.2) is 74.8 Å². The second-order valence-electron chi connectivity index (χ2n) is 6.52. The third-order valence-electron chi connectivity index (χ3n) is 4.66. The van der Waals surface area contributed by atoms with E-state index in [0.29, 0.717) is 13.1 Å². The third kappa shape index (κ3) is 9.06. The average Bonchev–Trinajstić information content (AvgIpc) is 2.53. The van der Waals surface area contributed by atoms with Gasteiger partial charge in [-0.2, -0.15) is 0 Å². The summed E-state index contributed by atoms with van der Waals surface area (Å²) in [5.74, 6) is 1.62. The molecule has 1 aliphatic carbocycles. The van der Waals surface area contributed by atoms with Crippen LogP contribution >= 0.6 is 0 Å². The van der Waals surface area contributed by atoms with Gasteiger partial charge in [-0.25, -0.2) is 0 Å². The number of ether oxygens (including phenoxy) is 1. The van der Waals surface area contributed by atoms with Gasteiger partial charge in [0, 0.05) is 26.3 Å². The number of hydrogen-bond donors (Lipinski definition) is 3. The predicted octanol–water partition coefficient (Wildman–Crippen LogP) is 1.10. The smallest absolute Gasteiger partial charge is 0.0558 e. The van der Waals surface area contributed by atoms with E-state index >= 15 is 0 Å². The van der Waals surface area contributed by atoms with Gasteiger partial charge >= 0.3 is 0 Å². The van der Waals surface area contributed by atoms with E-state index in [4.69, 9.17) is 14.9 Å². The zero-order valence-corrected chi connectivity index (χ0v) is 14.3. The van der Waals surface area contributed by atoms with Crippen molar-refractivity contribution in [1.82, 2.24) is 10.2 Å². The van der Waals surface area contributed by atoms with E-state index < -0.39 is 0 Å². The molecule has 0 aromatic carbocycles. The Morgan fingerprint density at radius 2 is 1.59 bits per heavy atom. The molecule has 1 aliphatic rings. The molecule has 1 rings (SSSR count). The Balaban J connectivity index is 1.95. The maximum Gasteiger partial charge on any atom is 0.0558 e. The molecule has 0 aromatic rings. The summed E-state index contributed by atoms with van der Waals surface area (Å²) in [6, 6.07) is 0. The van der Waals surface area contributed by atoms with Crippen LogP contribution < -0.4 is 5.32 Å².